The Hall–Kier alpha value is -1.51. The minimum atomic E-state index is -4.38. The second-order valence-electron chi connectivity index (χ2n) is 14.9. The van der Waals surface area contributed by atoms with Crippen molar-refractivity contribution in [2.45, 2.75) is 219 Å². The first kappa shape index (κ1) is 52.5. The molecule has 1 unspecified atom stereocenters. The van der Waals surface area contributed by atoms with Crippen LogP contribution in [0.2, 0.25) is 0 Å². The number of allylic oxidation sites excluding steroid dienone is 4. The van der Waals surface area contributed by atoms with Crippen LogP contribution >= 0.6 is 7.82 Å². The number of hydrogen-bond acceptors (Lipinski definition) is 8. The molecule has 0 aromatic carbocycles. The normalized spacial score (nSPS) is 13.5. The van der Waals surface area contributed by atoms with Crippen molar-refractivity contribution in [1.82, 2.24) is 0 Å². The summed E-state index contributed by atoms with van der Waals surface area (Å²) in [5.74, 6) is -0.858. The van der Waals surface area contributed by atoms with Crippen molar-refractivity contribution >= 4 is 19.8 Å². The lowest BCUT2D eigenvalue weighted by Crippen LogP contribution is -2.29. The van der Waals surface area contributed by atoms with Crippen LogP contribution in [0.3, 0.4) is 0 Å². The zero-order chi connectivity index (χ0) is 39.6. The van der Waals surface area contributed by atoms with Crippen LogP contribution in [0, 0.1) is 0 Å². The van der Waals surface area contributed by atoms with Gasteiger partial charge < -0.3 is 20.1 Å². The highest BCUT2D eigenvalue weighted by Crippen LogP contribution is 2.43. The van der Waals surface area contributed by atoms with Crippen LogP contribution in [-0.2, 0) is 32.7 Å². The number of ether oxygens (including phenoxy) is 2. The highest BCUT2D eigenvalue weighted by atomic mass is 31.2. The standard InChI is InChI=1S/C44H84NO8P/c1-3-5-7-9-11-13-15-17-19-20-21-23-24-26-28-30-32-34-36-43(46)50-40-42(41-52-54(48,49)51-39-38-45)53-44(47)37-35-33-31-29-27-25-22-18-16-14-12-10-8-6-4-2/h18,22,27,29,42H,3-17,19-21,23-26,28,30-41,45H2,1-2H3,(H,48,49)/b22-18+,29-27+/t42-/m1/s1. The summed E-state index contributed by atoms with van der Waals surface area (Å²) >= 11 is 0. The highest BCUT2D eigenvalue weighted by Gasteiger charge is 2.26. The molecule has 0 aromatic rings. The molecule has 9 nitrogen and oxygen atoms in total. The quantitative estimate of drug-likeness (QED) is 0.0268. The average Bonchev–Trinajstić information content (AvgIpc) is 3.16. The van der Waals surface area contributed by atoms with Gasteiger partial charge in [-0.3, -0.25) is 18.6 Å². The van der Waals surface area contributed by atoms with Crippen LogP contribution < -0.4 is 5.73 Å². The Balaban J connectivity index is 4.14. The third-order valence-corrected chi connectivity index (χ3v) is 10.6. The minimum Gasteiger partial charge on any atom is -0.462 e. The van der Waals surface area contributed by atoms with Crippen molar-refractivity contribution in [2.24, 2.45) is 5.73 Å². The third-order valence-electron chi connectivity index (χ3n) is 9.59. The second-order valence-corrected chi connectivity index (χ2v) is 16.4. The van der Waals surface area contributed by atoms with E-state index < -0.39 is 26.5 Å². The van der Waals surface area contributed by atoms with Crippen LogP contribution in [0.4, 0.5) is 0 Å². The lowest BCUT2D eigenvalue weighted by Gasteiger charge is -2.19. The summed E-state index contributed by atoms with van der Waals surface area (Å²) in [7, 11) is -4.38. The maximum Gasteiger partial charge on any atom is 0.472 e. The van der Waals surface area contributed by atoms with E-state index in [-0.39, 0.29) is 38.6 Å². The molecule has 0 heterocycles. The van der Waals surface area contributed by atoms with Crippen LogP contribution in [0.15, 0.2) is 24.3 Å². The molecule has 3 N–H and O–H groups in total. The number of carbonyl (C=O) groups excluding carboxylic acids is 2. The van der Waals surface area contributed by atoms with Gasteiger partial charge in [-0.2, -0.15) is 0 Å². The van der Waals surface area contributed by atoms with E-state index in [2.05, 4.69) is 38.2 Å². The smallest absolute Gasteiger partial charge is 0.462 e. The molecule has 0 saturated heterocycles. The average molecular weight is 786 g/mol. The van der Waals surface area contributed by atoms with Gasteiger partial charge in [-0.05, 0) is 44.9 Å². The lowest BCUT2D eigenvalue weighted by molar-refractivity contribution is -0.161. The first-order valence-corrected chi connectivity index (χ1v) is 23.8. The first-order valence-electron chi connectivity index (χ1n) is 22.3. The molecule has 0 saturated carbocycles. The Morgan fingerprint density at radius 2 is 0.963 bits per heavy atom. The van der Waals surface area contributed by atoms with Gasteiger partial charge in [0.05, 0.1) is 13.2 Å². The molecule has 0 aliphatic carbocycles. The number of unbranched alkanes of at least 4 members (excludes halogenated alkanes) is 25. The molecule has 0 aliphatic rings. The fraction of sp³-hybridized carbons (Fsp3) is 0.864. The number of esters is 2. The zero-order valence-corrected chi connectivity index (χ0v) is 35.9. The van der Waals surface area contributed by atoms with E-state index in [1.807, 2.05) is 0 Å². The fourth-order valence-corrected chi connectivity index (χ4v) is 7.02. The summed E-state index contributed by atoms with van der Waals surface area (Å²) in [6.07, 6.45) is 43.6. The Morgan fingerprint density at radius 3 is 1.44 bits per heavy atom. The van der Waals surface area contributed by atoms with Crippen molar-refractivity contribution in [1.29, 1.82) is 0 Å². The van der Waals surface area contributed by atoms with Crippen molar-refractivity contribution in [3.8, 4) is 0 Å². The molecule has 0 fully saturated rings. The fourth-order valence-electron chi connectivity index (χ4n) is 6.25. The second kappa shape index (κ2) is 41.1. The Morgan fingerprint density at radius 1 is 0.556 bits per heavy atom. The topological polar surface area (TPSA) is 134 Å². The van der Waals surface area contributed by atoms with Crippen molar-refractivity contribution in [3.05, 3.63) is 24.3 Å². The summed E-state index contributed by atoms with van der Waals surface area (Å²) in [4.78, 5) is 34.9. The summed E-state index contributed by atoms with van der Waals surface area (Å²) in [5.41, 5.74) is 5.35. The molecule has 10 heteroatoms. The van der Waals surface area contributed by atoms with Gasteiger partial charge in [-0.25, -0.2) is 4.57 Å². The molecule has 0 spiro atoms. The van der Waals surface area contributed by atoms with Gasteiger partial charge in [0.1, 0.15) is 6.61 Å². The van der Waals surface area contributed by atoms with Crippen LogP contribution in [0.5, 0.6) is 0 Å². The molecule has 318 valence electrons. The van der Waals surface area contributed by atoms with Crippen LogP contribution in [-0.4, -0.2) is 49.3 Å². The molecule has 54 heavy (non-hydrogen) atoms. The third kappa shape index (κ3) is 40.2. The van der Waals surface area contributed by atoms with E-state index in [0.29, 0.717) is 6.42 Å². The van der Waals surface area contributed by atoms with Gasteiger partial charge in [0.25, 0.3) is 0 Å². The minimum absolute atomic E-state index is 0.0501. The summed E-state index contributed by atoms with van der Waals surface area (Å²) in [6, 6.07) is 0. The van der Waals surface area contributed by atoms with E-state index in [1.165, 1.54) is 135 Å². The molecule has 2 atom stereocenters. The lowest BCUT2D eigenvalue weighted by atomic mass is 10.0. The van der Waals surface area contributed by atoms with E-state index in [9.17, 15) is 19.0 Å². The summed E-state index contributed by atoms with van der Waals surface area (Å²) in [6.45, 7) is 3.71. The molecule has 0 aromatic heterocycles. The number of nitrogens with two attached hydrogens (primary N) is 1. The maximum atomic E-state index is 12.6. The maximum absolute atomic E-state index is 12.6. The van der Waals surface area contributed by atoms with Gasteiger partial charge in [0, 0.05) is 19.4 Å². The largest absolute Gasteiger partial charge is 0.472 e. The monoisotopic (exact) mass is 786 g/mol. The van der Waals surface area contributed by atoms with Crippen molar-refractivity contribution < 1.29 is 37.6 Å². The predicted octanol–water partition coefficient (Wildman–Crippen LogP) is 12.8. The van der Waals surface area contributed by atoms with E-state index in [1.54, 1.807) is 0 Å². The summed E-state index contributed by atoms with van der Waals surface area (Å²) < 4.78 is 32.8. The van der Waals surface area contributed by atoms with Crippen LogP contribution in [0.1, 0.15) is 213 Å². The summed E-state index contributed by atoms with van der Waals surface area (Å²) in [5, 5.41) is 0. The van der Waals surface area contributed by atoms with E-state index in [0.717, 1.165) is 44.9 Å². The van der Waals surface area contributed by atoms with Gasteiger partial charge >= 0.3 is 19.8 Å². The molecule has 0 rings (SSSR count). The molecular weight excluding hydrogens is 701 g/mol. The van der Waals surface area contributed by atoms with Gasteiger partial charge in [0.15, 0.2) is 6.10 Å². The Labute approximate surface area is 332 Å². The number of hydrogen-bond donors (Lipinski definition) is 2. The highest BCUT2D eigenvalue weighted by molar-refractivity contribution is 7.47. The molecular formula is C44H84NO8P. The first-order chi connectivity index (χ1) is 26.3. The van der Waals surface area contributed by atoms with Gasteiger partial charge in [-0.15, -0.1) is 0 Å². The predicted molar refractivity (Wildman–Crippen MR) is 224 cm³/mol. The molecule has 0 amide bonds. The zero-order valence-electron chi connectivity index (χ0n) is 35.0. The van der Waals surface area contributed by atoms with Crippen molar-refractivity contribution in [2.75, 3.05) is 26.4 Å². The van der Waals surface area contributed by atoms with Gasteiger partial charge in [-0.1, -0.05) is 179 Å². The Kier molecular flexibility index (Phi) is 40.0. The van der Waals surface area contributed by atoms with E-state index in [4.69, 9.17) is 24.3 Å². The number of carbonyl (C=O) groups is 2. The number of phosphoric acid groups is 1. The molecule has 0 bridgehead atoms. The molecule has 0 radical (unpaired) electrons. The van der Waals surface area contributed by atoms with Crippen LogP contribution in [0.25, 0.3) is 0 Å². The number of rotatable bonds is 42. The Bertz CT molecular complexity index is 944. The van der Waals surface area contributed by atoms with E-state index >= 15 is 0 Å². The van der Waals surface area contributed by atoms with Crippen molar-refractivity contribution in [3.63, 3.8) is 0 Å². The molecule has 0 aliphatic heterocycles. The SMILES string of the molecule is CCCCCCCC/C=C/C/C=C/CCCCC(=O)O[C@H](COC(=O)CCCCCCCCCCCCCCCCCCCC)COP(=O)(O)OCCN. The van der Waals surface area contributed by atoms with Gasteiger partial charge in [0.2, 0.25) is 0 Å². The number of phosphoric ester groups is 1.